The van der Waals surface area contributed by atoms with E-state index in [4.69, 9.17) is 5.73 Å². The topological polar surface area (TPSA) is 60.2 Å². The van der Waals surface area contributed by atoms with Gasteiger partial charge in [-0.25, -0.2) is 12.8 Å². The van der Waals surface area contributed by atoms with Crippen LogP contribution in [0.15, 0.2) is 0 Å². The molecule has 3 nitrogen and oxygen atoms in total. The lowest BCUT2D eigenvalue weighted by Crippen LogP contribution is -2.32. The van der Waals surface area contributed by atoms with Crippen LogP contribution in [0.4, 0.5) is 4.39 Å². The quantitative estimate of drug-likeness (QED) is 0.736. The van der Waals surface area contributed by atoms with Crippen molar-refractivity contribution < 1.29 is 12.8 Å². The van der Waals surface area contributed by atoms with Crippen molar-refractivity contribution in [2.45, 2.75) is 25.4 Å². The normalized spacial score (nSPS) is 29.8. The molecule has 0 spiro atoms. The first-order chi connectivity index (χ1) is 6.05. The van der Waals surface area contributed by atoms with Crippen molar-refractivity contribution in [1.29, 1.82) is 0 Å². The van der Waals surface area contributed by atoms with E-state index in [1.54, 1.807) is 0 Å². The maximum Gasteiger partial charge on any atom is 0.150 e. The Morgan fingerprint density at radius 3 is 2.77 bits per heavy atom. The van der Waals surface area contributed by atoms with Gasteiger partial charge in [-0.05, 0) is 25.8 Å². The fraction of sp³-hybridized carbons (Fsp3) is 1.00. The lowest BCUT2D eigenvalue weighted by atomic mass is 9.98. The van der Waals surface area contributed by atoms with Gasteiger partial charge < -0.3 is 5.73 Å². The van der Waals surface area contributed by atoms with Gasteiger partial charge in [0.25, 0.3) is 0 Å². The van der Waals surface area contributed by atoms with Crippen molar-refractivity contribution in [1.82, 2.24) is 0 Å². The zero-order valence-electron chi connectivity index (χ0n) is 7.58. The van der Waals surface area contributed by atoms with Crippen molar-refractivity contribution in [3.8, 4) is 0 Å². The van der Waals surface area contributed by atoms with Crippen molar-refractivity contribution in [3.63, 3.8) is 0 Å². The third-order valence-electron chi connectivity index (χ3n) is 2.45. The van der Waals surface area contributed by atoms with Gasteiger partial charge in [0.05, 0.1) is 11.5 Å². The van der Waals surface area contributed by atoms with E-state index in [9.17, 15) is 12.8 Å². The molecule has 0 aliphatic carbocycles. The van der Waals surface area contributed by atoms with E-state index in [0.29, 0.717) is 12.8 Å². The molecule has 0 aromatic heterocycles. The first kappa shape index (κ1) is 10.9. The molecule has 78 valence electrons. The van der Waals surface area contributed by atoms with Crippen molar-refractivity contribution in [2.24, 2.45) is 11.7 Å². The Bertz CT molecular complexity index is 253. The molecule has 1 fully saturated rings. The van der Waals surface area contributed by atoms with Crippen LogP contribution in [-0.2, 0) is 9.84 Å². The summed E-state index contributed by atoms with van der Waals surface area (Å²) in [4.78, 5) is 0. The number of rotatable bonds is 3. The van der Waals surface area contributed by atoms with Gasteiger partial charge in [-0.15, -0.1) is 0 Å². The third kappa shape index (κ3) is 3.23. The molecule has 1 saturated heterocycles. The van der Waals surface area contributed by atoms with Gasteiger partial charge in [-0.1, -0.05) is 0 Å². The van der Waals surface area contributed by atoms with E-state index >= 15 is 0 Å². The number of nitrogens with two attached hydrogens (primary N) is 1. The second-order valence-corrected chi connectivity index (χ2v) is 5.84. The largest absolute Gasteiger partial charge is 0.330 e. The molecule has 2 atom stereocenters. The second-order valence-electron chi connectivity index (χ2n) is 3.61. The number of hydrogen-bond donors (Lipinski definition) is 1. The van der Waals surface area contributed by atoms with Gasteiger partial charge in [-0.2, -0.15) is 0 Å². The SMILES string of the molecule is NCCC(F)C1CCCS(=O)(=O)C1. The van der Waals surface area contributed by atoms with Gasteiger partial charge in [0.15, 0.2) is 9.84 Å². The first-order valence-electron chi connectivity index (χ1n) is 4.60. The van der Waals surface area contributed by atoms with Crippen LogP contribution in [0.5, 0.6) is 0 Å². The van der Waals surface area contributed by atoms with E-state index in [-0.39, 0.29) is 30.4 Å². The Morgan fingerprint density at radius 2 is 2.23 bits per heavy atom. The maximum atomic E-state index is 13.3. The van der Waals surface area contributed by atoms with Crippen molar-refractivity contribution >= 4 is 9.84 Å². The molecule has 0 bridgehead atoms. The zero-order valence-corrected chi connectivity index (χ0v) is 8.39. The Labute approximate surface area is 78.4 Å². The summed E-state index contributed by atoms with van der Waals surface area (Å²) < 4.78 is 35.6. The number of hydrogen-bond acceptors (Lipinski definition) is 3. The van der Waals surface area contributed by atoms with Crippen molar-refractivity contribution in [2.75, 3.05) is 18.1 Å². The highest BCUT2D eigenvalue weighted by Gasteiger charge is 2.30. The van der Waals surface area contributed by atoms with Crippen LogP contribution in [0.2, 0.25) is 0 Å². The zero-order chi connectivity index (χ0) is 9.90. The molecule has 1 aliphatic rings. The molecular weight excluding hydrogens is 193 g/mol. The molecule has 13 heavy (non-hydrogen) atoms. The summed E-state index contributed by atoms with van der Waals surface area (Å²) in [6, 6.07) is 0. The summed E-state index contributed by atoms with van der Waals surface area (Å²) >= 11 is 0. The monoisotopic (exact) mass is 209 g/mol. The number of halogens is 1. The standard InChI is InChI=1S/C8H16FNO2S/c9-8(3-4-10)7-2-1-5-13(11,12)6-7/h7-8H,1-6,10H2. The molecule has 2 unspecified atom stereocenters. The highest BCUT2D eigenvalue weighted by Crippen LogP contribution is 2.24. The van der Waals surface area contributed by atoms with Crippen LogP contribution < -0.4 is 5.73 Å². The summed E-state index contributed by atoms with van der Waals surface area (Å²) in [7, 11) is -2.98. The van der Waals surface area contributed by atoms with Gasteiger partial charge >= 0.3 is 0 Å². The molecule has 5 heteroatoms. The summed E-state index contributed by atoms with van der Waals surface area (Å²) in [5.41, 5.74) is 5.21. The fourth-order valence-electron chi connectivity index (χ4n) is 1.74. The molecule has 0 radical (unpaired) electrons. The van der Waals surface area contributed by atoms with Gasteiger partial charge in [0, 0.05) is 5.92 Å². The first-order valence-corrected chi connectivity index (χ1v) is 6.42. The number of alkyl halides is 1. The minimum absolute atomic E-state index is 0.00810. The molecule has 1 heterocycles. The Kier molecular flexibility index (Phi) is 3.67. The maximum absolute atomic E-state index is 13.3. The molecule has 0 amide bonds. The van der Waals surface area contributed by atoms with E-state index in [1.165, 1.54) is 0 Å². The Hall–Kier alpha value is -0.160. The van der Waals surface area contributed by atoms with E-state index in [1.807, 2.05) is 0 Å². The predicted molar refractivity (Wildman–Crippen MR) is 49.9 cm³/mol. The van der Waals surface area contributed by atoms with E-state index in [0.717, 1.165) is 0 Å². The van der Waals surface area contributed by atoms with Crippen LogP contribution in [-0.4, -0.2) is 32.6 Å². The summed E-state index contributed by atoms with van der Waals surface area (Å²) in [5, 5.41) is 0. The Balaban J connectivity index is 2.51. The fourth-order valence-corrected chi connectivity index (χ4v) is 3.54. The van der Waals surface area contributed by atoms with Crippen LogP contribution in [0.25, 0.3) is 0 Å². The molecule has 1 aliphatic heterocycles. The van der Waals surface area contributed by atoms with Crippen LogP contribution in [0.3, 0.4) is 0 Å². The average Bonchev–Trinajstić information content (AvgIpc) is 2.03. The second kappa shape index (κ2) is 4.37. The van der Waals surface area contributed by atoms with Crippen LogP contribution in [0, 0.1) is 5.92 Å². The smallest absolute Gasteiger partial charge is 0.150 e. The highest BCUT2D eigenvalue weighted by atomic mass is 32.2. The summed E-state index contributed by atoms with van der Waals surface area (Å²) in [6.07, 6.45) is 0.513. The van der Waals surface area contributed by atoms with Gasteiger partial charge in [0.2, 0.25) is 0 Å². The van der Waals surface area contributed by atoms with E-state index in [2.05, 4.69) is 0 Å². The lowest BCUT2D eigenvalue weighted by molar-refractivity contribution is 0.217. The van der Waals surface area contributed by atoms with Gasteiger partial charge in [0.1, 0.15) is 6.17 Å². The molecular formula is C8H16FNO2S. The van der Waals surface area contributed by atoms with E-state index < -0.39 is 16.0 Å². The molecule has 1 rings (SSSR count). The molecule has 2 N–H and O–H groups in total. The summed E-state index contributed by atoms with van der Waals surface area (Å²) in [6.45, 7) is 0.289. The highest BCUT2D eigenvalue weighted by molar-refractivity contribution is 7.91. The lowest BCUT2D eigenvalue weighted by Gasteiger charge is -2.24. The molecule has 0 saturated carbocycles. The third-order valence-corrected chi connectivity index (χ3v) is 4.30. The van der Waals surface area contributed by atoms with Crippen LogP contribution in [0.1, 0.15) is 19.3 Å². The van der Waals surface area contributed by atoms with Crippen molar-refractivity contribution in [3.05, 3.63) is 0 Å². The minimum atomic E-state index is -2.98. The minimum Gasteiger partial charge on any atom is -0.330 e. The van der Waals surface area contributed by atoms with Gasteiger partial charge in [-0.3, -0.25) is 0 Å². The summed E-state index contributed by atoms with van der Waals surface area (Å²) in [5.74, 6) is -0.0881. The Morgan fingerprint density at radius 1 is 1.54 bits per heavy atom. The van der Waals surface area contributed by atoms with Crippen LogP contribution >= 0.6 is 0 Å². The molecule has 0 aromatic carbocycles. The average molecular weight is 209 g/mol. The number of sulfone groups is 1. The predicted octanol–water partition coefficient (Wildman–Crippen LogP) is 0.498. The molecule has 0 aromatic rings.